The minimum Gasteiger partial charge on any atom is -0.355 e. The third-order valence-corrected chi connectivity index (χ3v) is 8.26. The Morgan fingerprint density at radius 3 is 2.05 bits per heavy atom. The number of likely N-dealkylation sites (N-methyl/N-ethyl adjacent to an activating group) is 1. The number of halogens is 1. The number of rotatable bonds is 12. The second kappa shape index (κ2) is 13.4. The van der Waals surface area contributed by atoms with Gasteiger partial charge < -0.3 is 10.2 Å². The number of hydrogen-bond donors (Lipinski definition) is 1. The van der Waals surface area contributed by atoms with Crippen LogP contribution in [0.5, 0.6) is 0 Å². The highest BCUT2D eigenvalue weighted by atomic mass is 79.9. The first kappa shape index (κ1) is 28.4. The van der Waals surface area contributed by atoms with Crippen LogP contribution in [0.1, 0.15) is 25.8 Å². The summed E-state index contributed by atoms with van der Waals surface area (Å²) in [7, 11) is -4.06. The van der Waals surface area contributed by atoms with E-state index in [9.17, 15) is 18.0 Å². The number of carbonyl (C=O) groups excluding carboxylic acids is 2. The van der Waals surface area contributed by atoms with E-state index in [0.29, 0.717) is 25.1 Å². The van der Waals surface area contributed by atoms with Crippen LogP contribution in [-0.2, 0) is 26.0 Å². The predicted octanol–water partition coefficient (Wildman–Crippen LogP) is 4.63. The van der Waals surface area contributed by atoms with Crippen LogP contribution in [0, 0.1) is 0 Å². The smallest absolute Gasteiger partial charge is 0.264 e. The molecule has 0 saturated heterocycles. The molecule has 0 bridgehead atoms. The molecular formula is C28H32BrN3O4S. The summed E-state index contributed by atoms with van der Waals surface area (Å²) in [5.74, 6) is -0.705. The molecule has 3 aromatic carbocycles. The van der Waals surface area contributed by atoms with Crippen LogP contribution >= 0.6 is 15.9 Å². The Morgan fingerprint density at radius 1 is 0.892 bits per heavy atom. The van der Waals surface area contributed by atoms with Crippen LogP contribution in [0.2, 0.25) is 0 Å². The number of sulfonamides is 1. The molecule has 0 heterocycles. The number of amides is 2. The molecule has 0 aromatic heterocycles. The molecule has 37 heavy (non-hydrogen) atoms. The van der Waals surface area contributed by atoms with Crippen molar-refractivity contribution >= 4 is 43.5 Å². The molecule has 0 aliphatic rings. The van der Waals surface area contributed by atoms with Gasteiger partial charge in [-0.1, -0.05) is 71.4 Å². The van der Waals surface area contributed by atoms with Crippen LogP contribution in [-0.4, -0.2) is 50.8 Å². The average Bonchev–Trinajstić information content (AvgIpc) is 2.91. The maximum Gasteiger partial charge on any atom is 0.264 e. The predicted molar refractivity (Wildman–Crippen MR) is 150 cm³/mol. The zero-order valence-corrected chi connectivity index (χ0v) is 23.4. The molecule has 1 atom stereocenters. The standard InChI is InChI=1S/C28H32BrN3O4S/c1-3-26(28(34)30-4-2)31(20-19-22-11-7-5-8-12-22)27(33)21-32(24-17-15-23(29)16-18-24)37(35,36)25-13-9-6-10-14-25/h5-18,26H,3-4,19-21H2,1-2H3,(H,30,34)/t26-/m0/s1. The fourth-order valence-corrected chi connectivity index (χ4v) is 5.74. The van der Waals surface area contributed by atoms with Gasteiger partial charge in [0.2, 0.25) is 11.8 Å². The molecule has 3 aromatic rings. The summed E-state index contributed by atoms with van der Waals surface area (Å²) >= 11 is 3.38. The topological polar surface area (TPSA) is 86.8 Å². The third kappa shape index (κ3) is 7.42. The van der Waals surface area contributed by atoms with Gasteiger partial charge in [0.25, 0.3) is 10.0 Å². The quantitative estimate of drug-likeness (QED) is 0.336. The van der Waals surface area contributed by atoms with E-state index in [1.165, 1.54) is 17.0 Å². The van der Waals surface area contributed by atoms with Gasteiger partial charge in [-0.3, -0.25) is 13.9 Å². The van der Waals surface area contributed by atoms with E-state index >= 15 is 0 Å². The summed E-state index contributed by atoms with van der Waals surface area (Å²) in [6.07, 6.45) is 0.933. The van der Waals surface area contributed by atoms with Gasteiger partial charge in [0, 0.05) is 17.6 Å². The summed E-state index contributed by atoms with van der Waals surface area (Å²) < 4.78 is 29.3. The fourth-order valence-electron chi connectivity index (χ4n) is 4.04. The Hall–Kier alpha value is -3.17. The van der Waals surface area contributed by atoms with Crippen LogP contribution in [0.4, 0.5) is 5.69 Å². The lowest BCUT2D eigenvalue weighted by molar-refractivity contribution is -0.139. The first-order valence-corrected chi connectivity index (χ1v) is 14.5. The van der Waals surface area contributed by atoms with Gasteiger partial charge in [0.05, 0.1) is 10.6 Å². The Balaban J connectivity index is 1.98. The Labute approximate surface area is 227 Å². The summed E-state index contributed by atoms with van der Waals surface area (Å²) in [5, 5.41) is 2.81. The van der Waals surface area contributed by atoms with E-state index in [4.69, 9.17) is 0 Å². The first-order chi connectivity index (χ1) is 17.8. The number of carbonyl (C=O) groups is 2. The Kier molecular flexibility index (Phi) is 10.3. The van der Waals surface area contributed by atoms with E-state index in [-0.39, 0.29) is 17.3 Å². The molecule has 196 valence electrons. The van der Waals surface area contributed by atoms with Crippen molar-refractivity contribution in [2.75, 3.05) is 23.9 Å². The van der Waals surface area contributed by atoms with Gasteiger partial charge in [-0.15, -0.1) is 0 Å². The van der Waals surface area contributed by atoms with Gasteiger partial charge in [0.1, 0.15) is 12.6 Å². The first-order valence-electron chi connectivity index (χ1n) is 12.2. The molecule has 0 unspecified atom stereocenters. The van der Waals surface area contributed by atoms with E-state index in [2.05, 4.69) is 21.2 Å². The highest BCUT2D eigenvalue weighted by Crippen LogP contribution is 2.26. The summed E-state index contributed by atoms with van der Waals surface area (Å²) in [6.45, 7) is 3.93. The van der Waals surface area contributed by atoms with Gasteiger partial charge in [-0.05, 0) is 61.7 Å². The maximum absolute atomic E-state index is 13.8. The Morgan fingerprint density at radius 2 is 1.49 bits per heavy atom. The average molecular weight is 587 g/mol. The molecule has 1 N–H and O–H groups in total. The normalized spacial score (nSPS) is 12.0. The number of hydrogen-bond acceptors (Lipinski definition) is 4. The molecule has 0 radical (unpaired) electrons. The van der Waals surface area contributed by atoms with E-state index in [0.717, 1.165) is 14.3 Å². The minimum absolute atomic E-state index is 0.0809. The van der Waals surface area contributed by atoms with E-state index in [1.54, 1.807) is 42.5 Å². The molecule has 7 nitrogen and oxygen atoms in total. The molecule has 0 fully saturated rings. The van der Waals surface area contributed by atoms with E-state index < -0.39 is 28.5 Å². The Bertz CT molecular complexity index is 1270. The van der Waals surface area contributed by atoms with Crippen LogP contribution in [0.3, 0.4) is 0 Å². The fraction of sp³-hybridized carbons (Fsp3) is 0.286. The molecular weight excluding hydrogens is 554 g/mol. The second-order valence-electron chi connectivity index (χ2n) is 8.44. The number of nitrogens with zero attached hydrogens (tertiary/aromatic N) is 2. The summed E-state index contributed by atoms with van der Waals surface area (Å²) in [6, 6.07) is 23.7. The molecule has 0 aliphatic carbocycles. The second-order valence-corrected chi connectivity index (χ2v) is 11.2. The largest absolute Gasteiger partial charge is 0.355 e. The van der Waals surface area contributed by atoms with Crippen molar-refractivity contribution in [1.82, 2.24) is 10.2 Å². The maximum atomic E-state index is 13.8. The zero-order chi connectivity index (χ0) is 26.8. The highest BCUT2D eigenvalue weighted by molar-refractivity contribution is 9.10. The molecule has 3 rings (SSSR count). The van der Waals surface area contributed by atoms with Crippen molar-refractivity contribution in [1.29, 1.82) is 0 Å². The summed E-state index contributed by atoms with van der Waals surface area (Å²) in [5.41, 5.74) is 1.38. The molecule has 9 heteroatoms. The minimum atomic E-state index is -4.06. The van der Waals surface area contributed by atoms with Crippen molar-refractivity contribution in [3.05, 3.63) is 95.0 Å². The van der Waals surface area contributed by atoms with Gasteiger partial charge >= 0.3 is 0 Å². The van der Waals surface area contributed by atoms with Crippen molar-refractivity contribution in [2.45, 2.75) is 37.6 Å². The molecule has 2 amide bonds. The van der Waals surface area contributed by atoms with Crippen LogP contribution in [0.25, 0.3) is 0 Å². The van der Waals surface area contributed by atoms with Gasteiger partial charge in [-0.25, -0.2) is 8.42 Å². The highest BCUT2D eigenvalue weighted by Gasteiger charge is 2.33. The van der Waals surface area contributed by atoms with Crippen molar-refractivity contribution < 1.29 is 18.0 Å². The lowest BCUT2D eigenvalue weighted by Gasteiger charge is -2.33. The monoisotopic (exact) mass is 585 g/mol. The third-order valence-electron chi connectivity index (χ3n) is 5.95. The summed E-state index contributed by atoms with van der Waals surface area (Å²) in [4.78, 5) is 28.3. The van der Waals surface area contributed by atoms with Crippen LogP contribution in [0.15, 0.2) is 94.3 Å². The van der Waals surface area contributed by atoms with Crippen molar-refractivity contribution in [3.8, 4) is 0 Å². The lowest BCUT2D eigenvalue weighted by atomic mass is 10.1. The number of nitrogens with one attached hydrogen (secondary N) is 1. The lowest BCUT2D eigenvalue weighted by Crippen LogP contribution is -2.53. The molecule has 0 spiro atoms. The van der Waals surface area contributed by atoms with Crippen molar-refractivity contribution in [3.63, 3.8) is 0 Å². The number of benzene rings is 3. The van der Waals surface area contributed by atoms with E-state index in [1.807, 2.05) is 44.2 Å². The van der Waals surface area contributed by atoms with Crippen molar-refractivity contribution in [2.24, 2.45) is 0 Å². The van der Waals surface area contributed by atoms with Gasteiger partial charge in [0.15, 0.2) is 0 Å². The van der Waals surface area contributed by atoms with Gasteiger partial charge in [-0.2, -0.15) is 0 Å². The SMILES string of the molecule is CCNC(=O)[C@H](CC)N(CCc1ccccc1)C(=O)CN(c1ccc(Br)cc1)S(=O)(=O)c1ccccc1. The number of anilines is 1. The zero-order valence-electron chi connectivity index (χ0n) is 21.0. The van der Waals surface area contributed by atoms with Crippen LogP contribution < -0.4 is 9.62 Å². The molecule has 0 aliphatic heterocycles. The molecule has 0 saturated carbocycles.